The molecule has 0 unspecified atom stereocenters. The van der Waals surface area contributed by atoms with Crippen LogP contribution in [0.3, 0.4) is 0 Å². The summed E-state index contributed by atoms with van der Waals surface area (Å²) >= 11 is 0. The molecule has 0 heterocycles. The van der Waals surface area contributed by atoms with Gasteiger partial charge in [0.1, 0.15) is 0 Å². The first-order valence-electron chi connectivity index (χ1n) is 14.5. The van der Waals surface area contributed by atoms with Gasteiger partial charge in [-0.15, -0.1) is 0 Å². The molecule has 0 amide bonds. The molecule has 42 heavy (non-hydrogen) atoms. The summed E-state index contributed by atoms with van der Waals surface area (Å²) in [6.07, 6.45) is 3.99. The van der Waals surface area contributed by atoms with Crippen molar-refractivity contribution in [2.75, 3.05) is 0 Å². The fraction of sp³-hybridized carbons (Fsp3) is 0.0476. The van der Waals surface area contributed by atoms with E-state index in [1.54, 1.807) is 0 Å². The van der Waals surface area contributed by atoms with Gasteiger partial charge in [0.25, 0.3) is 0 Å². The van der Waals surface area contributed by atoms with E-state index in [1.165, 1.54) is 76.8 Å². The van der Waals surface area contributed by atoms with Crippen LogP contribution in [0.2, 0.25) is 0 Å². The lowest BCUT2D eigenvalue weighted by molar-refractivity contribution is 1.46. The maximum absolute atomic E-state index is 4.29. The molecule has 0 radical (unpaired) electrons. The molecule has 0 aliphatic heterocycles. The molecule has 0 spiro atoms. The highest BCUT2D eigenvalue weighted by atomic mass is 14.2. The van der Waals surface area contributed by atoms with E-state index in [4.69, 9.17) is 0 Å². The van der Waals surface area contributed by atoms with Crippen LogP contribution in [-0.4, -0.2) is 0 Å². The van der Waals surface area contributed by atoms with Crippen LogP contribution in [0.5, 0.6) is 0 Å². The zero-order valence-electron chi connectivity index (χ0n) is 24.1. The minimum atomic E-state index is 1.11. The van der Waals surface area contributed by atoms with Gasteiger partial charge in [0.05, 0.1) is 0 Å². The third-order valence-electron chi connectivity index (χ3n) is 8.68. The van der Waals surface area contributed by atoms with Crippen molar-refractivity contribution >= 4 is 44.5 Å². The molecular formula is C42H32. The number of hydrogen-bond acceptors (Lipinski definition) is 0. The molecule has 0 atom stereocenters. The minimum absolute atomic E-state index is 1.11. The summed E-state index contributed by atoms with van der Waals surface area (Å²) in [7, 11) is 0. The van der Waals surface area contributed by atoms with Crippen molar-refractivity contribution in [1.29, 1.82) is 0 Å². The summed E-state index contributed by atoms with van der Waals surface area (Å²) in [6, 6.07) is 44.1. The third kappa shape index (κ3) is 4.07. The molecule has 0 bridgehead atoms. The quantitative estimate of drug-likeness (QED) is 0.205. The van der Waals surface area contributed by atoms with E-state index in [2.05, 4.69) is 148 Å². The van der Waals surface area contributed by atoms with Crippen LogP contribution in [-0.2, 0) is 0 Å². The minimum Gasteiger partial charge on any atom is -0.0984 e. The molecule has 0 aliphatic rings. The zero-order chi connectivity index (χ0) is 28.8. The highest BCUT2D eigenvalue weighted by molar-refractivity contribution is 6.12. The van der Waals surface area contributed by atoms with Crippen LogP contribution in [0, 0.1) is 13.8 Å². The van der Waals surface area contributed by atoms with Gasteiger partial charge in [-0.3, -0.25) is 0 Å². The van der Waals surface area contributed by atoms with Crippen molar-refractivity contribution in [2.24, 2.45) is 0 Å². The van der Waals surface area contributed by atoms with Gasteiger partial charge >= 0.3 is 0 Å². The number of fused-ring (bicyclic) bond motifs is 3. The Morgan fingerprint density at radius 3 is 1.69 bits per heavy atom. The van der Waals surface area contributed by atoms with E-state index in [-0.39, 0.29) is 0 Å². The third-order valence-corrected chi connectivity index (χ3v) is 8.68. The van der Waals surface area contributed by atoms with Gasteiger partial charge < -0.3 is 0 Å². The fourth-order valence-electron chi connectivity index (χ4n) is 6.73. The Morgan fingerprint density at radius 1 is 0.452 bits per heavy atom. The molecule has 0 fully saturated rings. The van der Waals surface area contributed by atoms with Gasteiger partial charge in [-0.25, -0.2) is 0 Å². The second-order valence-electron chi connectivity index (χ2n) is 11.1. The normalized spacial score (nSPS) is 11.3. The molecule has 0 aromatic heterocycles. The Hall–Kier alpha value is -5.20. The topological polar surface area (TPSA) is 0 Å². The lowest BCUT2D eigenvalue weighted by Crippen LogP contribution is -1.96. The van der Waals surface area contributed by atoms with E-state index in [0.29, 0.717) is 0 Å². The number of hydrogen-bond donors (Lipinski definition) is 0. The second-order valence-corrected chi connectivity index (χ2v) is 11.1. The Labute approximate surface area is 247 Å². The summed E-state index contributed by atoms with van der Waals surface area (Å²) in [6.45, 7) is 13.0. The second kappa shape index (κ2) is 10.3. The van der Waals surface area contributed by atoms with E-state index in [0.717, 1.165) is 11.1 Å². The molecule has 0 N–H and O–H groups in total. The Bertz CT molecular complexity index is 2170. The van der Waals surface area contributed by atoms with Crippen LogP contribution in [0.15, 0.2) is 134 Å². The summed E-state index contributed by atoms with van der Waals surface area (Å²) in [4.78, 5) is 0. The molecule has 0 aliphatic carbocycles. The van der Waals surface area contributed by atoms with Crippen molar-refractivity contribution < 1.29 is 0 Å². The van der Waals surface area contributed by atoms with Crippen LogP contribution in [0.4, 0.5) is 0 Å². The van der Waals surface area contributed by atoms with Gasteiger partial charge in [-0.1, -0.05) is 141 Å². The first kappa shape index (κ1) is 25.7. The molecule has 200 valence electrons. The molecule has 7 aromatic rings. The van der Waals surface area contributed by atoms with Crippen LogP contribution < -0.4 is 0 Å². The van der Waals surface area contributed by atoms with Gasteiger partial charge in [0, 0.05) is 0 Å². The van der Waals surface area contributed by atoms with Gasteiger partial charge in [0.15, 0.2) is 0 Å². The van der Waals surface area contributed by atoms with Crippen molar-refractivity contribution in [3.63, 3.8) is 0 Å². The number of aryl methyl sites for hydroxylation is 2. The lowest BCUT2D eigenvalue weighted by atomic mass is 9.83. The smallest absolute Gasteiger partial charge is 0.00264 e. The highest BCUT2D eigenvalue weighted by Gasteiger charge is 2.19. The number of benzene rings is 7. The molecular weight excluding hydrogens is 504 g/mol. The zero-order valence-corrected chi connectivity index (χ0v) is 24.1. The van der Waals surface area contributed by atoms with Gasteiger partial charge in [0.2, 0.25) is 0 Å². The Morgan fingerprint density at radius 2 is 1.00 bits per heavy atom. The largest absolute Gasteiger partial charge is 0.0984 e. The summed E-state index contributed by atoms with van der Waals surface area (Å²) in [5, 5.41) is 7.54. The fourth-order valence-corrected chi connectivity index (χ4v) is 6.73. The average molecular weight is 537 g/mol. The average Bonchev–Trinajstić information content (AvgIpc) is 3.03. The van der Waals surface area contributed by atoms with Gasteiger partial charge in [-0.2, -0.15) is 0 Å². The monoisotopic (exact) mass is 536 g/mol. The Balaban J connectivity index is 1.44. The summed E-state index contributed by atoms with van der Waals surface area (Å²) < 4.78 is 0. The van der Waals surface area contributed by atoms with Crippen molar-refractivity contribution in [2.45, 2.75) is 13.8 Å². The van der Waals surface area contributed by atoms with Crippen LogP contribution >= 0.6 is 0 Å². The number of rotatable bonds is 5. The molecule has 0 saturated heterocycles. The van der Waals surface area contributed by atoms with Gasteiger partial charge in [-0.05, 0) is 108 Å². The maximum atomic E-state index is 4.29. The first-order valence-corrected chi connectivity index (χ1v) is 14.5. The van der Waals surface area contributed by atoms with Crippen LogP contribution in [0.25, 0.3) is 77.9 Å². The van der Waals surface area contributed by atoms with E-state index in [9.17, 15) is 0 Å². The summed E-state index contributed by atoms with van der Waals surface area (Å²) in [5.74, 6) is 0. The maximum Gasteiger partial charge on any atom is -0.00264 e. The predicted molar refractivity (Wildman–Crippen MR) is 185 cm³/mol. The SMILES string of the molecule is C=Cc1c(C=C)c(-c2ccc3ccccc3c2)c2ccccc2c1-c1ccc(-c2ccc(C)c3c(C)cccc23)cc1. The lowest BCUT2D eigenvalue weighted by Gasteiger charge is -2.20. The first-order chi connectivity index (χ1) is 20.6. The molecule has 0 nitrogen and oxygen atoms in total. The van der Waals surface area contributed by atoms with Crippen molar-refractivity contribution in [3.8, 4) is 33.4 Å². The van der Waals surface area contributed by atoms with E-state index >= 15 is 0 Å². The standard InChI is InChI=1S/C42H32/c1-5-34-35(6-2)42(33-24-19-29-13-7-8-14-32(29)26-33)39-16-10-9-15-38(39)41(34)31-22-20-30(21-23-31)36-25-18-28(4)40-27(3)12-11-17-37(36)40/h5-26H,1-2H2,3-4H3. The predicted octanol–water partition coefficient (Wildman–Crippen LogP) is 12.1. The highest BCUT2D eigenvalue weighted by Crippen LogP contribution is 2.44. The molecule has 0 heteroatoms. The molecule has 7 aromatic carbocycles. The molecule has 0 saturated carbocycles. The van der Waals surface area contributed by atoms with Crippen LogP contribution in [0.1, 0.15) is 22.3 Å². The molecule has 7 rings (SSSR count). The van der Waals surface area contributed by atoms with Crippen molar-refractivity contribution in [1.82, 2.24) is 0 Å². The van der Waals surface area contributed by atoms with E-state index < -0.39 is 0 Å². The van der Waals surface area contributed by atoms with E-state index in [1.807, 2.05) is 12.2 Å². The van der Waals surface area contributed by atoms with Crippen molar-refractivity contribution in [3.05, 3.63) is 157 Å². The Kier molecular flexibility index (Phi) is 6.33. The summed E-state index contributed by atoms with van der Waals surface area (Å²) in [5.41, 5.74) is 12.1.